The van der Waals surface area contributed by atoms with Crippen LogP contribution in [-0.2, 0) is 21.2 Å². The second kappa shape index (κ2) is 6.69. The van der Waals surface area contributed by atoms with Crippen LogP contribution in [0.5, 0.6) is 0 Å². The summed E-state index contributed by atoms with van der Waals surface area (Å²) in [6.07, 6.45) is -3.04. The van der Waals surface area contributed by atoms with Crippen molar-refractivity contribution in [3.05, 3.63) is 70.9 Å². The molecule has 3 heterocycles. The highest BCUT2D eigenvalue weighted by molar-refractivity contribution is 6.14. The number of rotatable bonds is 2. The Bertz CT molecular complexity index is 1260. The topological polar surface area (TPSA) is 76.0 Å². The molecule has 0 fully saturated rings. The summed E-state index contributed by atoms with van der Waals surface area (Å²) in [6.45, 7) is 4.08. The maximum absolute atomic E-state index is 13.2. The van der Waals surface area contributed by atoms with Gasteiger partial charge in [0.15, 0.2) is 0 Å². The van der Waals surface area contributed by atoms with Crippen LogP contribution in [0, 0.1) is 0 Å². The van der Waals surface area contributed by atoms with Gasteiger partial charge >= 0.3 is 6.18 Å². The number of carbonyl (C=O) groups is 2. The molecule has 0 radical (unpaired) electrons. The molecule has 2 aliphatic heterocycles. The fraction of sp³-hybridized carbons (Fsp3) is 0.261. The van der Waals surface area contributed by atoms with Crippen LogP contribution in [0.1, 0.15) is 48.4 Å². The SMILES string of the molecule is CC(C)c1ccc2c(c1)[C@@]1(CC(=O)Nc3c1cnn3-c1ccc(C(F)(F)F)cc1)C(=O)N2. The zero-order valence-corrected chi connectivity index (χ0v) is 17.2. The first-order valence-electron chi connectivity index (χ1n) is 10.1. The van der Waals surface area contributed by atoms with E-state index in [0.29, 0.717) is 22.5 Å². The molecule has 0 aliphatic carbocycles. The molecule has 0 unspecified atom stereocenters. The first-order valence-corrected chi connectivity index (χ1v) is 10.1. The van der Waals surface area contributed by atoms with Crippen LogP contribution in [-0.4, -0.2) is 21.6 Å². The summed E-state index contributed by atoms with van der Waals surface area (Å²) in [7, 11) is 0. The number of aromatic nitrogens is 2. The van der Waals surface area contributed by atoms with Crippen molar-refractivity contribution in [2.24, 2.45) is 0 Å². The van der Waals surface area contributed by atoms with Crippen molar-refractivity contribution >= 4 is 23.3 Å². The largest absolute Gasteiger partial charge is 0.416 e. The Labute approximate surface area is 181 Å². The molecule has 2 N–H and O–H groups in total. The summed E-state index contributed by atoms with van der Waals surface area (Å²) < 4.78 is 40.2. The van der Waals surface area contributed by atoms with E-state index < -0.39 is 17.2 Å². The Morgan fingerprint density at radius 2 is 1.75 bits per heavy atom. The van der Waals surface area contributed by atoms with Gasteiger partial charge in [-0.05, 0) is 47.4 Å². The number of nitrogens with zero attached hydrogens (tertiary/aromatic N) is 2. The van der Waals surface area contributed by atoms with Crippen LogP contribution in [0.3, 0.4) is 0 Å². The molecule has 0 saturated heterocycles. The van der Waals surface area contributed by atoms with Gasteiger partial charge in [-0.3, -0.25) is 9.59 Å². The summed E-state index contributed by atoms with van der Waals surface area (Å²) >= 11 is 0. The van der Waals surface area contributed by atoms with Crippen molar-refractivity contribution in [3.8, 4) is 5.69 Å². The van der Waals surface area contributed by atoms with Gasteiger partial charge in [-0.15, -0.1) is 0 Å². The molecule has 3 aromatic rings. The molecule has 5 rings (SSSR count). The third kappa shape index (κ3) is 2.84. The number of nitrogens with one attached hydrogen (secondary N) is 2. The molecule has 0 bridgehead atoms. The van der Waals surface area contributed by atoms with Crippen LogP contribution >= 0.6 is 0 Å². The quantitative estimate of drug-likeness (QED) is 0.612. The number of hydrogen-bond acceptors (Lipinski definition) is 3. The molecule has 2 aliphatic rings. The lowest BCUT2D eigenvalue weighted by atomic mass is 9.71. The average molecular weight is 440 g/mol. The summed E-state index contributed by atoms with van der Waals surface area (Å²) in [5.74, 6) is -0.195. The fourth-order valence-corrected chi connectivity index (χ4v) is 4.46. The Hall–Kier alpha value is -3.62. The van der Waals surface area contributed by atoms with E-state index in [2.05, 4.69) is 15.7 Å². The summed E-state index contributed by atoms with van der Waals surface area (Å²) in [4.78, 5) is 26.0. The Kier molecular flexibility index (Phi) is 4.24. The standard InChI is InChI=1S/C23H19F3N4O2/c1-12(2)13-3-8-18-16(9-13)22(21(32)28-18)10-19(31)29-20-17(22)11-27-30(20)15-6-4-14(5-7-15)23(24,25)26/h3-9,11-12H,10H2,1-2H3,(H,28,32)(H,29,31)/t22-/m1/s1. The van der Waals surface area contributed by atoms with E-state index in [-0.39, 0.29) is 30.0 Å². The molecule has 2 aromatic carbocycles. The Balaban J connectivity index is 1.67. The van der Waals surface area contributed by atoms with Gasteiger partial charge in [0.1, 0.15) is 11.2 Å². The van der Waals surface area contributed by atoms with Gasteiger partial charge in [0.2, 0.25) is 11.8 Å². The second-order valence-corrected chi connectivity index (χ2v) is 8.41. The van der Waals surface area contributed by atoms with Crippen LogP contribution < -0.4 is 10.6 Å². The Morgan fingerprint density at radius 1 is 1.03 bits per heavy atom. The van der Waals surface area contributed by atoms with E-state index in [9.17, 15) is 22.8 Å². The van der Waals surface area contributed by atoms with Gasteiger partial charge in [0, 0.05) is 17.7 Å². The maximum Gasteiger partial charge on any atom is 0.416 e. The molecule has 164 valence electrons. The highest BCUT2D eigenvalue weighted by Gasteiger charge is 2.54. The molecule has 1 aromatic heterocycles. The van der Waals surface area contributed by atoms with Crippen molar-refractivity contribution in [2.75, 3.05) is 10.6 Å². The van der Waals surface area contributed by atoms with Crippen LogP contribution in [0.4, 0.5) is 24.7 Å². The third-order valence-corrected chi connectivity index (χ3v) is 6.16. The smallest absolute Gasteiger partial charge is 0.325 e. The van der Waals surface area contributed by atoms with Crippen molar-refractivity contribution in [2.45, 2.75) is 37.8 Å². The predicted molar refractivity (Wildman–Crippen MR) is 112 cm³/mol. The number of alkyl halides is 3. The molecule has 9 heteroatoms. The molecule has 32 heavy (non-hydrogen) atoms. The lowest BCUT2D eigenvalue weighted by Gasteiger charge is -2.32. The number of amides is 2. The van der Waals surface area contributed by atoms with Gasteiger partial charge in [0.05, 0.1) is 17.4 Å². The second-order valence-electron chi connectivity index (χ2n) is 8.41. The summed E-state index contributed by atoms with van der Waals surface area (Å²) in [6, 6.07) is 10.2. The van der Waals surface area contributed by atoms with E-state index in [4.69, 9.17) is 0 Å². The van der Waals surface area contributed by atoms with E-state index in [0.717, 1.165) is 17.7 Å². The number of fused-ring (bicyclic) bond motifs is 4. The molecule has 6 nitrogen and oxygen atoms in total. The van der Waals surface area contributed by atoms with E-state index in [1.807, 2.05) is 32.0 Å². The molecular formula is C23H19F3N4O2. The van der Waals surface area contributed by atoms with Gasteiger partial charge < -0.3 is 10.6 Å². The van der Waals surface area contributed by atoms with Crippen molar-refractivity contribution in [3.63, 3.8) is 0 Å². The monoisotopic (exact) mass is 440 g/mol. The number of anilines is 2. The van der Waals surface area contributed by atoms with Gasteiger partial charge in [-0.1, -0.05) is 26.0 Å². The number of carbonyl (C=O) groups excluding carboxylic acids is 2. The summed E-state index contributed by atoms with van der Waals surface area (Å²) in [5, 5.41) is 9.95. The van der Waals surface area contributed by atoms with Crippen molar-refractivity contribution in [1.29, 1.82) is 0 Å². The lowest BCUT2D eigenvalue weighted by molar-refractivity contribution is -0.137. The number of benzene rings is 2. The van der Waals surface area contributed by atoms with Crippen molar-refractivity contribution < 1.29 is 22.8 Å². The first kappa shape index (κ1) is 20.3. The van der Waals surface area contributed by atoms with Crippen LogP contribution in [0.2, 0.25) is 0 Å². The normalized spacial score (nSPS) is 19.7. The Morgan fingerprint density at radius 3 is 2.41 bits per heavy atom. The highest BCUT2D eigenvalue weighted by Crippen LogP contribution is 2.50. The fourth-order valence-electron chi connectivity index (χ4n) is 4.46. The lowest BCUT2D eigenvalue weighted by Crippen LogP contribution is -2.43. The molecule has 0 saturated carbocycles. The molecular weight excluding hydrogens is 421 g/mol. The molecule has 1 spiro atoms. The van der Waals surface area contributed by atoms with Gasteiger partial charge in [0.25, 0.3) is 0 Å². The zero-order valence-electron chi connectivity index (χ0n) is 17.2. The van der Waals surface area contributed by atoms with E-state index >= 15 is 0 Å². The highest BCUT2D eigenvalue weighted by atomic mass is 19.4. The first-order chi connectivity index (χ1) is 15.1. The van der Waals surface area contributed by atoms with Crippen LogP contribution in [0.15, 0.2) is 48.7 Å². The van der Waals surface area contributed by atoms with Crippen molar-refractivity contribution in [1.82, 2.24) is 9.78 Å². The van der Waals surface area contributed by atoms with Gasteiger partial charge in [-0.2, -0.15) is 18.3 Å². The zero-order chi connectivity index (χ0) is 22.8. The minimum atomic E-state index is -4.46. The number of hydrogen-bond donors (Lipinski definition) is 2. The van der Waals surface area contributed by atoms with Gasteiger partial charge in [-0.25, -0.2) is 4.68 Å². The maximum atomic E-state index is 13.2. The molecule has 1 atom stereocenters. The van der Waals surface area contributed by atoms with Crippen LogP contribution in [0.25, 0.3) is 5.69 Å². The van der Waals surface area contributed by atoms with E-state index in [1.165, 1.54) is 23.0 Å². The minimum Gasteiger partial charge on any atom is -0.325 e. The molecule has 2 amide bonds. The average Bonchev–Trinajstić information content (AvgIpc) is 3.27. The minimum absolute atomic E-state index is 0.0842. The van der Waals surface area contributed by atoms with E-state index in [1.54, 1.807) is 0 Å². The predicted octanol–water partition coefficient (Wildman–Crippen LogP) is 4.59. The summed E-state index contributed by atoms with van der Waals surface area (Å²) in [5.41, 5.74) is 1.19. The number of halogens is 3. The third-order valence-electron chi connectivity index (χ3n) is 6.16.